The van der Waals surface area contributed by atoms with Crippen LogP contribution in [0, 0.1) is 0 Å². The van der Waals surface area contributed by atoms with Gasteiger partial charge in [0, 0.05) is 12.1 Å². The average Bonchev–Trinajstić information content (AvgIpc) is 2.30. The molecular weight excluding hydrogens is 208 g/mol. The molecule has 0 aromatic carbocycles. The lowest BCUT2D eigenvalue weighted by atomic mass is 9.92. The van der Waals surface area contributed by atoms with Crippen molar-refractivity contribution >= 4 is 12.4 Å². The monoisotopic (exact) mass is 232 g/mol. The Kier molecular flexibility index (Phi) is 5.95. The van der Waals surface area contributed by atoms with E-state index < -0.39 is 0 Å². The zero-order valence-corrected chi connectivity index (χ0v) is 10.7. The van der Waals surface area contributed by atoms with Gasteiger partial charge in [0.05, 0.1) is 0 Å². The molecule has 0 aromatic heterocycles. The van der Waals surface area contributed by atoms with Gasteiger partial charge in [-0.2, -0.15) is 0 Å². The van der Waals surface area contributed by atoms with E-state index >= 15 is 0 Å². The van der Waals surface area contributed by atoms with Crippen LogP contribution in [-0.4, -0.2) is 37.1 Å². The maximum absolute atomic E-state index is 3.45. The summed E-state index contributed by atoms with van der Waals surface area (Å²) in [5.41, 5.74) is 0. The molecule has 1 saturated heterocycles. The Bertz CT molecular complexity index is 145. The Morgan fingerprint density at radius 3 is 2.00 bits per heavy atom. The molecule has 2 rings (SSSR count). The van der Waals surface area contributed by atoms with E-state index in [1.165, 1.54) is 58.0 Å². The van der Waals surface area contributed by atoms with Crippen LogP contribution < -0.4 is 5.32 Å². The van der Waals surface area contributed by atoms with Crippen LogP contribution in [0.3, 0.4) is 0 Å². The van der Waals surface area contributed by atoms with Crippen LogP contribution in [0.15, 0.2) is 0 Å². The van der Waals surface area contributed by atoms with Crippen molar-refractivity contribution in [3.05, 3.63) is 0 Å². The molecule has 1 aliphatic carbocycles. The van der Waals surface area contributed by atoms with E-state index in [1.54, 1.807) is 0 Å². The summed E-state index contributed by atoms with van der Waals surface area (Å²) >= 11 is 0. The van der Waals surface area contributed by atoms with Crippen molar-refractivity contribution in [3.8, 4) is 0 Å². The minimum Gasteiger partial charge on any atom is -0.317 e. The molecule has 0 aromatic rings. The number of hydrogen-bond acceptors (Lipinski definition) is 2. The van der Waals surface area contributed by atoms with Crippen molar-refractivity contribution < 1.29 is 0 Å². The topological polar surface area (TPSA) is 15.3 Å². The minimum absolute atomic E-state index is 0. The molecule has 3 heteroatoms. The molecule has 2 aliphatic rings. The van der Waals surface area contributed by atoms with Gasteiger partial charge in [0.1, 0.15) is 0 Å². The molecule has 0 unspecified atom stereocenters. The van der Waals surface area contributed by atoms with Crippen LogP contribution in [0.1, 0.15) is 44.9 Å². The zero-order chi connectivity index (χ0) is 9.80. The van der Waals surface area contributed by atoms with E-state index in [1.807, 2.05) is 0 Å². The minimum atomic E-state index is 0. The highest BCUT2D eigenvalue weighted by Crippen LogP contribution is 2.25. The summed E-state index contributed by atoms with van der Waals surface area (Å²) in [7, 11) is 2.35. The fraction of sp³-hybridized carbons (Fsp3) is 1.00. The SMILES string of the molecule is CN(C1CCCCC1)C1CCNCC1.Cl. The number of nitrogens with one attached hydrogen (secondary N) is 1. The molecular formula is C12H25ClN2. The fourth-order valence-corrected chi connectivity index (χ4v) is 3.00. The number of piperidine rings is 1. The summed E-state index contributed by atoms with van der Waals surface area (Å²) in [6, 6.07) is 1.76. The lowest BCUT2D eigenvalue weighted by Crippen LogP contribution is -2.46. The highest BCUT2D eigenvalue weighted by atomic mass is 35.5. The fourth-order valence-electron chi connectivity index (χ4n) is 3.00. The van der Waals surface area contributed by atoms with Gasteiger partial charge in [0.2, 0.25) is 0 Å². The second-order valence-corrected chi connectivity index (χ2v) is 4.94. The summed E-state index contributed by atoms with van der Waals surface area (Å²) in [5.74, 6) is 0. The van der Waals surface area contributed by atoms with Gasteiger partial charge in [0.25, 0.3) is 0 Å². The molecule has 0 spiro atoms. The van der Waals surface area contributed by atoms with Crippen molar-refractivity contribution in [1.82, 2.24) is 10.2 Å². The van der Waals surface area contributed by atoms with Crippen LogP contribution in [0.25, 0.3) is 0 Å². The smallest absolute Gasteiger partial charge is 0.0119 e. The van der Waals surface area contributed by atoms with E-state index in [4.69, 9.17) is 0 Å². The summed E-state index contributed by atoms with van der Waals surface area (Å²) in [6.07, 6.45) is 9.98. The van der Waals surface area contributed by atoms with Gasteiger partial charge in [-0.25, -0.2) is 0 Å². The maximum Gasteiger partial charge on any atom is 0.0119 e. The first-order valence-corrected chi connectivity index (χ1v) is 6.30. The number of hydrogen-bond donors (Lipinski definition) is 1. The molecule has 2 fully saturated rings. The van der Waals surface area contributed by atoms with E-state index in [0.717, 1.165) is 12.1 Å². The van der Waals surface area contributed by atoms with Crippen LogP contribution in [-0.2, 0) is 0 Å². The van der Waals surface area contributed by atoms with Gasteiger partial charge in [-0.05, 0) is 45.8 Å². The van der Waals surface area contributed by atoms with E-state index in [2.05, 4.69) is 17.3 Å². The normalized spacial score (nSPS) is 25.2. The second kappa shape index (κ2) is 6.72. The van der Waals surface area contributed by atoms with Crippen molar-refractivity contribution in [1.29, 1.82) is 0 Å². The summed E-state index contributed by atoms with van der Waals surface area (Å²) in [5, 5.41) is 3.45. The predicted molar refractivity (Wildman–Crippen MR) is 67.8 cm³/mol. The maximum atomic E-state index is 3.45. The molecule has 15 heavy (non-hydrogen) atoms. The highest BCUT2D eigenvalue weighted by Gasteiger charge is 2.25. The van der Waals surface area contributed by atoms with E-state index in [-0.39, 0.29) is 12.4 Å². The van der Waals surface area contributed by atoms with Gasteiger partial charge in [0.15, 0.2) is 0 Å². The molecule has 1 saturated carbocycles. The van der Waals surface area contributed by atoms with E-state index in [0.29, 0.717) is 0 Å². The molecule has 1 heterocycles. The lowest BCUT2D eigenvalue weighted by molar-refractivity contribution is 0.115. The van der Waals surface area contributed by atoms with Crippen LogP contribution in [0.5, 0.6) is 0 Å². The van der Waals surface area contributed by atoms with Gasteiger partial charge >= 0.3 is 0 Å². The molecule has 2 nitrogen and oxygen atoms in total. The average molecular weight is 233 g/mol. The predicted octanol–water partition coefficient (Wildman–Crippen LogP) is 2.42. The standard InChI is InChI=1S/C12H24N2.ClH/c1-14(11-5-3-2-4-6-11)12-7-9-13-10-8-12;/h11-13H,2-10H2,1H3;1H. The molecule has 0 atom stereocenters. The van der Waals surface area contributed by atoms with Gasteiger partial charge < -0.3 is 10.2 Å². The third kappa shape index (κ3) is 3.61. The first kappa shape index (κ1) is 13.3. The van der Waals surface area contributed by atoms with Crippen molar-refractivity contribution in [2.24, 2.45) is 0 Å². The number of halogens is 1. The number of nitrogens with zero attached hydrogens (tertiary/aromatic N) is 1. The second-order valence-electron chi connectivity index (χ2n) is 4.94. The Morgan fingerprint density at radius 2 is 1.40 bits per heavy atom. The summed E-state index contributed by atoms with van der Waals surface area (Å²) in [4.78, 5) is 2.68. The molecule has 1 N–H and O–H groups in total. The molecule has 0 bridgehead atoms. The molecule has 1 aliphatic heterocycles. The Balaban J connectivity index is 0.00000112. The lowest BCUT2D eigenvalue weighted by Gasteiger charge is -2.39. The third-order valence-electron chi connectivity index (χ3n) is 4.04. The Hall–Kier alpha value is 0.210. The molecule has 0 radical (unpaired) electrons. The first-order chi connectivity index (χ1) is 6.88. The van der Waals surface area contributed by atoms with Crippen molar-refractivity contribution in [3.63, 3.8) is 0 Å². The van der Waals surface area contributed by atoms with E-state index in [9.17, 15) is 0 Å². The van der Waals surface area contributed by atoms with Gasteiger partial charge in [-0.15, -0.1) is 12.4 Å². The quantitative estimate of drug-likeness (QED) is 0.787. The van der Waals surface area contributed by atoms with Crippen LogP contribution >= 0.6 is 12.4 Å². The summed E-state index contributed by atoms with van der Waals surface area (Å²) in [6.45, 7) is 2.45. The first-order valence-electron chi connectivity index (χ1n) is 6.30. The molecule has 0 amide bonds. The zero-order valence-electron chi connectivity index (χ0n) is 9.87. The van der Waals surface area contributed by atoms with Crippen LogP contribution in [0.2, 0.25) is 0 Å². The Labute approximate surface area is 100 Å². The largest absolute Gasteiger partial charge is 0.317 e. The van der Waals surface area contributed by atoms with Gasteiger partial charge in [-0.3, -0.25) is 0 Å². The van der Waals surface area contributed by atoms with Crippen LogP contribution in [0.4, 0.5) is 0 Å². The number of rotatable bonds is 2. The van der Waals surface area contributed by atoms with Crippen molar-refractivity contribution in [2.45, 2.75) is 57.0 Å². The van der Waals surface area contributed by atoms with Gasteiger partial charge in [-0.1, -0.05) is 19.3 Å². The summed E-state index contributed by atoms with van der Waals surface area (Å²) < 4.78 is 0. The molecule has 90 valence electrons. The Morgan fingerprint density at radius 1 is 0.867 bits per heavy atom. The third-order valence-corrected chi connectivity index (χ3v) is 4.04. The van der Waals surface area contributed by atoms with Crippen molar-refractivity contribution in [2.75, 3.05) is 20.1 Å². The highest BCUT2D eigenvalue weighted by molar-refractivity contribution is 5.85.